The number of halogens is 2. The molecule has 2 rings (SSSR count). The van der Waals surface area contributed by atoms with Gasteiger partial charge in [-0.05, 0) is 29.8 Å². The molecule has 19 heavy (non-hydrogen) atoms. The Bertz CT molecular complexity index is 577. The molecule has 0 radical (unpaired) electrons. The predicted molar refractivity (Wildman–Crippen MR) is 76.8 cm³/mol. The van der Waals surface area contributed by atoms with Gasteiger partial charge in [-0.2, -0.15) is 0 Å². The molecule has 1 amide bonds. The first-order valence-electron chi connectivity index (χ1n) is 5.57. The minimum atomic E-state index is -0.291. The third-order valence-corrected chi connectivity index (χ3v) is 3.16. The molecule has 0 aliphatic carbocycles. The normalized spacial score (nSPS) is 10.3. The van der Waals surface area contributed by atoms with Crippen molar-refractivity contribution >= 4 is 34.8 Å². The van der Waals surface area contributed by atoms with Crippen LogP contribution in [0.15, 0.2) is 42.5 Å². The highest BCUT2D eigenvalue weighted by Gasteiger charge is 2.12. The van der Waals surface area contributed by atoms with Crippen molar-refractivity contribution in [3.63, 3.8) is 0 Å². The molecule has 0 bridgehead atoms. The van der Waals surface area contributed by atoms with Gasteiger partial charge in [-0.25, -0.2) is 0 Å². The maximum atomic E-state index is 12.0. The predicted octanol–water partition coefficient (Wildman–Crippen LogP) is 3.74. The zero-order valence-electron chi connectivity index (χ0n) is 9.86. The molecule has 2 aromatic carbocycles. The van der Waals surface area contributed by atoms with Crippen LogP contribution in [0.2, 0.25) is 10.0 Å². The lowest BCUT2D eigenvalue weighted by Crippen LogP contribution is -2.12. The van der Waals surface area contributed by atoms with E-state index in [1.807, 2.05) is 6.07 Å². The van der Waals surface area contributed by atoms with Crippen LogP contribution in [0.3, 0.4) is 0 Å². The molecule has 0 unspecified atom stereocenters. The van der Waals surface area contributed by atoms with E-state index in [9.17, 15) is 4.79 Å². The van der Waals surface area contributed by atoms with Gasteiger partial charge in [0.1, 0.15) is 0 Å². The molecule has 0 aromatic heterocycles. The number of hydrogen-bond acceptors (Lipinski definition) is 2. The van der Waals surface area contributed by atoms with Crippen LogP contribution in [0, 0.1) is 0 Å². The van der Waals surface area contributed by atoms with Gasteiger partial charge in [0.2, 0.25) is 0 Å². The third kappa shape index (κ3) is 3.26. The molecule has 98 valence electrons. The van der Waals surface area contributed by atoms with Crippen molar-refractivity contribution in [2.75, 3.05) is 5.32 Å². The van der Waals surface area contributed by atoms with E-state index in [-0.39, 0.29) is 12.5 Å². The van der Waals surface area contributed by atoms with E-state index >= 15 is 0 Å². The van der Waals surface area contributed by atoms with Crippen LogP contribution < -0.4 is 5.32 Å². The second kappa shape index (κ2) is 6.06. The summed E-state index contributed by atoms with van der Waals surface area (Å²) in [7, 11) is 0. The average Bonchev–Trinajstić information content (AvgIpc) is 2.43. The molecule has 0 saturated heterocycles. The van der Waals surface area contributed by atoms with E-state index in [2.05, 4.69) is 5.32 Å². The van der Waals surface area contributed by atoms with Gasteiger partial charge in [-0.3, -0.25) is 4.79 Å². The number of aliphatic hydroxyl groups is 1. The Morgan fingerprint density at radius 1 is 1.11 bits per heavy atom. The number of hydrogen-bond donors (Lipinski definition) is 2. The Balaban J connectivity index is 2.27. The number of aliphatic hydroxyl groups excluding tert-OH is 1. The van der Waals surface area contributed by atoms with Crippen LogP contribution in [0.4, 0.5) is 5.69 Å². The van der Waals surface area contributed by atoms with E-state index in [1.165, 1.54) is 0 Å². The zero-order chi connectivity index (χ0) is 13.8. The van der Waals surface area contributed by atoms with Crippen LogP contribution in [0.1, 0.15) is 15.9 Å². The minimum Gasteiger partial charge on any atom is -0.392 e. The molecule has 0 heterocycles. The van der Waals surface area contributed by atoms with Crippen molar-refractivity contribution in [3.05, 3.63) is 63.6 Å². The molecule has 0 fully saturated rings. The lowest BCUT2D eigenvalue weighted by atomic mass is 10.2. The summed E-state index contributed by atoms with van der Waals surface area (Å²) in [4.78, 5) is 12.0. The van der Waals surface area contributed by atoms with E-state index in [4.69, 9.17) is 28.3 Å². The Kier molecular flexibility index (Phi) is 4.43. The van der Waals surface area contributed by atoms with Crippen LogP contribution in [-0.2, 0) is 6.61 Å². The van der Waals surface area contributed by atoms with Gasteiger partial charge in [0.05, 0.1) is 22.3 Å². The molecule has 0 atom stereocenters. The van der Waals surface area contributed by atoms with Crippen LogP contribution in [0.25, 0.3) is 0 Å². The molecule has 0 spiro atoms. The quantitative estimate of drug-likeness (QED) is 0.906. The van der Waals surface area contributed by atoms with Crippen LogP contribution in [0.5, 0.6) is 0 Å². The molecule has 0 aliphatic rings. The summed E-state index contributed by atoms with van der Waals surface area (Å²) in [6.07, 6.45) is 0. The van der Waals surface area contributed by atoms with Crippen molar-refractivity contribution in [2.24, 2.45) is 0 Å². The Hall–Kier alpha value is -1.55. The number of nitrogens with one attached hydrogen (secondary N) is 1. The van der Waals surface area contributed by atoms with E-state index in [0.717, 1.165) is 0 Å². The highest BCUT2D eigenvalue weighted by Crippen LogP contribution is 2.32. The molecule has 0 aliphatic heterocycles. The summed E-state index contributed by atoms with van der Waals surface area (Å²) in [6, 6.07) is 11.9. The molecular formula is C14H11Cl2NO2. The average molecular weight is 296 g/mol. The fourth-order valence-electron chi connectivity index (χ4n) is 1.61. The monoisotopic (exact) mass is 295 g/mol. The first-order chi connectivity index (χ1) is 9.11. The number of benzene rings is 2. The Morgan fingerprint density at radius 3 is 2.21 bits per heavy atom. The van der Waals surface area contributed by atoms with E-state index in [1.54, 1.807) is 36.4 Å². The fourth-order valence-corrected chi connectivity index (χ4v) is 2.24. The summed E-state index contributed by atoms with van der Waals surface area (Å²) >= 11 is 12.1. The second-order valence-corrected chi connectivity index (χ2v) is 4.73. The van der Waals surface area contributed by atoms with Crippen LogP contribution >= 0.6 is 23.2 Å². The van der Waals surface area contributed by atoms with Crippen molar-refractivity contribution < 1.29 is 9.90 Å². The molecular weight excluding hydrogens is 285 g/mol. The number of rotatable bonds is 3. The highest BCUT2D eigenvalue weighted by atomic mass is 35.5. The fraction of sp³-hybridized carbons (Fsp3) is 0.0714. The number of amides is 1. The molecule has 3 nitrogen and oxygen atoms in total. The smallest absolute Gasteiger partial charge is 0.255 e. The lowest BCUT2D eigenvalue weighted by Gasteiger charge is -2.10. The van der Waals surface area contributed by atoms with Crippen molar-refractivity contribution in [1.82, 2.24) is 0 Å². The van der Waals surface area contributed by atoms with Gasteiger partial charge < -0.3 is 10.4 Å². The maximum absolute atomic E-state index is 12.0. The lowest BCUT2D eigenvalue weighted by molar-refractivity contribution is 0.102. The number of carbonyl (C=O) groups excluding carboxylic acids is 1. The second-order valence-electron chi connectivity index (χ2n) is 3.91. The summed E-state index contributed by atoms with van der Waals surface area (Å²) in [5, 5.41) is 12.3. The molecule has 0 saturated carbocycles. The first kappa shape index (κ1) is 13.9. The highest BCUT2D eigenvalue weighted by molar-refractivity contribution is 6.40. The van der Waals surface area contributed by atoms with Gasteiger partial charge >= 0.3 is 0 Å². The molecule has 2 aromatic rings. The summed E-state index contributed by atoms with van der Waals surface area (Å²) in [5.41, 5.74) is 1.45. The van der Waals surface area contributed by atoms with Gasteiger partial charge in [0, 0.05) is 5.56 Å². The Morgan fingerprint density at radius 2 is 1.68 bits per heavy atom. The van der Waals surface area contributed by atoms with Gasteiger partial charge in [0.15, 0.2) is 0 Å². The summed E-state index contributed by atoms with van der Waals surface area (Å²) in [5.74, 6) is -0.291. The van der Waals surface area contributed by atoms with Crippen molar-refractivity contribution in [3.8, 4) is 0 Å². The SMILES string of the molecule is O=C(Nc1c(Cl)cc(CO)cc1Cl)c1ccccc1. The van der Waals surface area contributed by atoms with Gasteiger partial charge in [-0.1, -0.05) is 41.4 Å². The van der Waals surface area contributed by atoms with Crippen LogP contribution in [-0.4, -0.2) is 11.0 Å². The Labute approximate surface area is 120 Å². The van der Waals surface area contributed by atoms with Crippen molar-refractivity contribution in [2.45, 2.75) is 6.61 Å². The summed E-state index contributed by atoms with van der Waals surface area (Å²) in [6.45, 7) is -0.160. The molecule has 5 heteroatoms. The standard InChI is InChI=1S/C14H11Cl2NO2/c15-11-6-9(8-18)7-12(16)13(11)17-14(19)10-4-2-1-3-5-10/h1-7,18H,8H2,(H,17,19). The third-order valence-electron chi connectivity index (χ3n) is 2.56. The van der Waals surface area contributed by atoms with E-state index < -0.39 is 0 Å². The largest absolute Gasteiger partial charge is 0.392 e. The number of anilines is 1. The minimum absolute atomic E-state index is 0.160. The first-order valence-corrected chi connectivity index (χ1v) is 6.32. The van der Waals surface area contributed by atoms with Gasteiger partial charge in [0.25, 0.3) is 5.91 Å². The molecule has 2 N–H and O–H groups in total. The van der Waals surface area contributed by atoms with Crippen molar-refractivity contribution in [1.29, 1.82) is 0 Å². The maximum Gasteiger partial charge on any atom is 0.255 e. The number of carbonyl (C=O) groups is 1. The zero-order valence-corrected chi connectivity index (χ0v) is 11.4. The van der Waals surface area contributed by atoms with Gasteiger partial charge in [-0.15, -0.1) is 0 Å². The summed E-state index contributed by atoms with van der Waals surface area (Å²) < 4.78 is 0. The topological polar surface area (TPSA) is 49.3 Å². The van der Waals surface area contributed by atoms with E-state index in [0.29, 0.717) is 26.9 Å².